The molecular formula is C23H27ClFN3O2. The minimum absolute atomic E-state index is 0.000214. The van der Waals surface area contributed by atoms with E-state index >= 15 is 0 Å². The Morgan fingerprint density at radius 2 is 1.97 bits per heavy atom. The van der Waals surface area contributed by atoms with Gasteiger partial charge in [0, 0.05) is 35.3 Å². The van der Waals surface area contributed by atoms with Crippen molar-refractivity contribution >= 4 is 29.1 Å². The molecule has 1 aliphatic rings. The van der Waals surface area contributed by atoms with Gasteiger partial charge in [0.1, 0.15) is 5.82 Å². The lowest BCUT2D eigenvalue weighted by Gasteiger charge is -2.32. The predicted octanol–water partition coefficient (Wildman–Crippen LogP) is 4.45. The summed E-state index contributed by atoms with van der Waals surface area (Å²) < 4.78 is 13.7. The molecule has 3 rings (SSSR count). The first-order valence-corrected chi connectivity index (χ1v) is 10.4. The molecule has 0 saturated heterocycles. The smallest absolute Gasteiger partial charge is 0.254 e. The van der Waals surface area contributed by atoms with Crippen molar-refractivity contribution in [2.24, 2.45) is 17.1 Å². The van der Waals surface area contributed by atoms with Crippen LogP contribution in [0, 0.1) is 17.2 Å². The van der Waals surface area contributed by atoms with Crippen molar-refractivity contribution in [2.75, 3.05) is 18.4 Å². The van der Waals surface area contributed by atoms with Gasteiger partial charge >= 0.3 is 0 Å². The normalized spacial score (nSPS) is 13.8. The van der Waals surface area contributed by atoms with Gasteiger partial charge in [-0.25, -0.2) is 4.39 Å². The van der Waals surface area contributed by atoms with Crippen molar-refractivity contribution in [3.63, 3.8) is 0 Å². The van der Waals surface area contributed by atoms with Crippen LogP contribution >= 0.6 is 11.6 Å². The van der Waals surface area contributed by atoms with Gasteiger partial charge in [-0.3, -0.25) is 9.59 Å². The zero-order chi connectivity index (χ0) is 21.9. The monoisotopic (exact) mass is 431 g/mol. The summed E-state index contributed by atoms with van der Waals surface area (Å²) in [4.78, 5) is 26.9. The van der Waals surface area contributed by atoms with Crippen molar-refractivity contribution in [2.45, 2.75) is 33.2 Å². The second-order valence-corrected chi connectivity index (χ2v) is 9.02. The highest BCUT2D eigenvalue weighted by molar-refractivity contribution is 6.31. The standard InChI is InChI=1S/C23H27ClFN3O2/c1-23(2,13-26)14-28(22(30)16-4-3-5-18(25)10-16)12-17-11-19(8-9-20(17)24)27-21(29)15-6-7-15/h3-5,8-11,15H,6-7,12-14,26H2,1-2H3,(H,27,29). The number of amides is 2. The van der Waals surface area contributed by atoms with Crippen LogP contribution < -0.4 is 11.1 Å². The third kappa shape index (κ3) is 5.80. The Labute approximate surface area is 181 Å². The third-order valence-corrected chi connectivity index (χ3v) is 5.52. The van der Waals surface area contributed by atoms with Crippen molar-refractivity contribution in [1.29, 1.82) is 0 Å². The highest BCUT2D eigenvalue weighted by atomic mass is 35.5. The topological polar surface area (TPSA) is 75.4 Å². The number of carbonyl (C=O) groups is 2. The molecule has 5 nitrogen and oxygen atoms in total. The molecule has 2 amide bonds. The van der Waals surface area contributed by atoms with Gasteiger partial charge in [-0.2, -0.15) is 0 Å². The van der Waals surface area contributed by atoms with Gasteiger partial charge in [0.05, 0.1) is 0 Å². The van der Waals surface area contributed by atoms with E-state index in [0.29, 0.717) is 29.4 Å². The summed E-state index contributed by atoms with van der Waals surface area (Å²) in [5, 5.41) is 3.39. The van der Waals surface area contributed by atoms with Crippen LogP contribution in [0.5, 0.6) is 0 Å². The maximum absolute atomic E-state index is 13.7. The van der Waals surface area contributed by atoms with Crippen LogP contribution in [0.25, 0.3) is 0 Å². The fraction of sp³-hybridized carbons (Fsp3) is 0.391. The summed E-state index contributed by atoms with van der Waals surface area (Å²) in [6.07, 6.45) is 1.83. The molecule has 0 heterocycles. The molecule has 0 aromatic heterocycles. The van der Waals surface area contributed by atoms with E-state index in [1.54, 1.807) is 29.2 Å². The fourth-order valence-electron chi connectivity index (χ4n) is 3.15. The van der Waals surface area contributed by atoms with Crippen LogP contribution in [0.15, 0.2) is 42.5 Å². The number of halogens is 2. The minimum atomic E-state index is -0.471. The number of hydrogen-bond donors (Lipinski definition) is 2. The van der Waals surface area contributed by atoms with E-state index in [-0.39, 0.29) is 35.3 Å². The van der Waals surface area contributed by atoms with Gasteiger partial charge in [0.15, 0.2) is 0 Å². The average Bonchev–Trinajstić information content (AvgIpc) is 3.54. The van der Waals surface area contributed by atoms with Crippen molar-refractivity contribution < 1.29 is 14.0 Å². The van der Waals surface area contributed by atoms with Gasteiger partial charge in [0.2, 0.25) is 5.91 Å². The Hall–Kier alpha value is -2.44. The van der Waals surface area contributed by atoms with E-state index in [9.17, 15) is 14.0 Å². The molecule has 0 atom stereocenters. The molecule has 7 heteroatoms. The molecule has 1 fully saturated rings. The number of rotatable bonds is 8. The van der Waals surface area contributed by atoms with Gasteiger partial charge in [-0.15, -0.1) is 0 Å². The largest absolute Gasteiger partial charge is 0.334 e. The predicted molar refractivity (Wildman–Crippen MR) is 117 cm³/mol. The summed E-state index contributed by atoms with van der Waals surface area (Å²) in [6.45, 7) is 4.89. The number of carbonyl (C=O) groups excluding carboxylic acids is 2. The van der Waals surface area contributed by atoms with Crippen molar-refractivity contribution in [1.82, 2.24) is 4.90 Å². The van der Waals surface area contributed by atoms with E-state index in [1.807, 2.05) is 13.8 Å². The zero-order valence-corrected chi connectivity index (χ0v) is 18.0. The van der Waals surface area contributed by atoms with Crippen molar-refractivity contribution in [3.8, 4) is 0 Å². The maximum atomic E-state index is 13.7. The Morgan fingerprint density at radius 3 is 2.60 bits per heavy atom. The molecule has 30 heavy (non-hydrogen) atoms. The number of anilines is 1. The van der Waals surface area contributed by atoms with Crippen LogP contribution in [-0.4, -0.2) is 29.8 Å². The molecular weight excluding hydrogens is 405 g/mol. The fourth-order valence-corrected chi connectivity index (χ4v) is 3.33. The molecule has 1 aliphatic carbocycles. The molecule has 160 valence electrons. The van der Waals surface area contributed by atoms with E-state index in [4.69, 9.17) is 17.3 Å². The van der Waals surface area contributed by atoms with Gasteiger partial charge in [0.25, 0.3) is 5.91 Å². The van der Waals surface area contributed by atoms with Crippen molar-refractivity contribution in [3.05, 3.63) is 64.4 Å². The molecule has 2 aromatic rings. The molecule has 0 radical (unpaired) electrons. The molecule has 0 unspecified atom stereocenters. The first kappa shape index (κ1) is 22.2. The van der Waals surface area contributed by atoms with Crippen LogP contribution in [0.1, 0.15) is 42.6 Å². The van der Waals surface area contributed by atoms with Crippen LogP contribution in [0.2, 0.25) is 5.02 Å². The Balaban J connectivity index is 1.86. The number of nitrogens with zero attached hydrogens (tertiary/aromatic N) is 1. The van der Waals surface area contributed by atoms with E-state index in [2.05, 4.69) is 5.32 Å². The van der Waals surface area contributed by atoms with E-state index in [1.165, 1.54) is 18.2 Å². The van der Waals surface area contributed by atoms with Crippen LogP contribution in [0.3, 0.4) is 0 Å². The van der Waals surface area contributed by atoms with Crippen LogP contribution in [-0.2, 0) is 11.3 Å². The van der Waals surface area contributed by atoms with E-state index in [0.717, 1.165) is 12.8 Å². The molecule has 3 N–H and O–H groups in total. The maximum Gasteiger partial charge on any atom is 0.254 e. The molecule has 0 aliphatic heterocycles. The highest BCUT2D eigenvalue weighted by Gasteiger charge is 2.30. The Morgan fingerprint density at radius 1 is 1.23 bits per heavy atom. The zero-order valence-electron chi connectivity index (χ0n) is 17.3. The first-order valence-electron chi connectivity index (χ1n) is 10.0. The Kier molecular flexibility index (Phi) is 6.78. The molecule has 0 spiro atoms. The second-order valence-electron chi connectivity index (χ2n) is 8.61. The third-order valence-electron chi connectivity index (χ3n) is 5.15. The summed E-state index contributed by atoms with van der Waals surface area (Å²) in [5.41, 5.74) is 7.14. The summed E-state index contributed by atoms with van der Waals surface area (Å²) in [7, 11) is 0. The first-order chi connectivity index (χ1) is 14.2. The van der Waals surface area contributed by atoms with Gasteiger partial charge in [-0.05, 0) is 66.8 Å². The number of hydrogen-bond acceptors (Lipinski definition) is 3. The number of nitrogens with one attached hydrogen (secondary N) is 1. The molecule has 0 bridgehead atoms. The number of benzene rings is 2. The molecule has 1 saturated carbocycles. The SMILES string of the molecule is CC(C)(CN)CN(Cc1cc(NC(=O)C2CC2)ccc1Cl)C(=O)c1cccc(F)c1. The highest BCUT2D eigenvalue weighted by Crippen LogP contribution is 2.31. The summed E-state index contributed by atoms with van der Waals surface area (Å²) in [5.74, 6) is -0.693. The van der Waals surface area contributed by atoms with Crippen LogP contribution in [0.4, 0.5) is 10.1 Å². The average molecular weight is 432 g/mol. The lowest BCUT2D eigenvalue weighted by Crippen LogP contribution is -2.41. The second kappa shape index (κ2) is 9.14. The van der Waals surface area contributed by atoms with Gasteiger partial charge < -0.3 is 16.0 Å². The minimum Gasteiger partial charge on any atom is -0.334 e. The lowest BCUT2D eigenvalue weighted by atomic mass is 9.92. The van der Waals surface area contributed by atoms with E-state index < -0.39 is 5.82 Å². The molecule has 2 aromatic carbocycles. The number of nitrogens with two attached hydrogens (primary N) is 1. The quantitative estimate of drug-likeness (QED) is 0.648. The lowest BCUT2D eigenvalue weighted by molar-refractivity contribution is -0.117. The Bertz CT molecular complexity index is 944. The summed E-state index contributed by atoms with van der Waals surface area (Å²) in [6, 6.07) is 10.8. The summed E-state index contributed by atoms with van der Waals surface area (Å²) >= 11 is 6.40. The van der Waals surface area contributed by atoms with Gasteiger partial charge in [-0.1, -0.05) is 31.5 Å².